The lowest BCUT2D eigenvalue weighted by molar-refractivity contribution is -0.141. The molecule has 3 rings (SSSR count). The Bertz CT molecular complexity index is 806. The van der Waals surface area contributed by atoms with Crippen molar-refractivity contribution in [3.8, 4) is 0 Å². The second-order valence-corrected chi connectivity index (χ2v) is 9.23. The highest BCUT2D eigenvalue weighted by Gasteiger charge is 2.46. The Kier molecular flexibility index (Phi) is 6.41. The van der Waals surface area contributed by atoms with Crippen molar-refractivity contribution >= 4 is 35.0 Å². The van der Waals surface area contributed by atoms with Gasteiger partial charge in [-0.2, -0.15) is 0 Å². The Morgan fingerprint density at radius 2 is 2.04 bits per heavy atom. The normalized spacial score (nSPS) is 30.9. The minimum absolute atomic E-state index is 0.0298. The topological polar surface area (TPSA) is 70.2 Å². The standard InChI is InChI=1S/C22H27Cl2NO3/c1-11(8-13(3)22(27)28)9-15-7-6-14-5-4-12(2)18(14)19(15)20(26)17-10-16(23)21(24)25-17/h6-7,9-10,12-15,18-19,25H,4-5,8H2,1-3H3,(H,27,28)/b11-9+/t12-,13?,14?,15?,18?,19?/m0/s1. The molecule has 4 nitrogen and oxygen atoms in total. The molecule has 6 heteroatoms. The monoisotopic (exact) mass is 423 g/mol. The Balaban J connectivity index is 1.93. The van der Waals surface area contributed by atoms with Crippen LogP contribution in [0.2, 0.25) is 10.2 Å². The van der Waals surface area contributed by atoms with E-state index in [-0.39, 0.29) is 28.7 Å². The fraction of sp³-hybridized carbons (Fsp3) is 0.545. The molecule has 0 radical (unpaired) electrons. The van der Waals surface area contributed by atoms with Crippen LogP contribution in [0.25, 0.3) is 0 Å². The number of H-pyrrole nitrogens is 1. The predicted molar refractivity (Wildman–Crippen MR) is 112 cm³/mol. The summed E-state index contributed by atoms with van der Waals surface area (Å²) in [5.41, 5.74) is 1.44. The van der Waals surface area contributed by atoms with Gasteiger partial charge in [-0.15, -0.1) is 0 Å². The molecule has 0 amide bonds. The van der Waals surface area contributed by atoms with Crippen molar-refractivity contribution in [2.45, 2.75) is 40.0 Å². The molecule has 152 valence electrons. The first-order valence-electron chi connectivity index (χ1n) is 9.85. The largest absolute Gasteiger partial charge is 0.481 e. The van der Waals surface area contributed by atoms with Crippen LogP contribution in [0.4, 0.5) is 0 Å². The molecular formula is C22H27Cl2NO3. The maximum absolute atomic E-state index is 13.5. The zero-order chi connectivity index (χ0) is 20.6. The van der Waals surface area contributed by atoms with E-state index in [4.69, 9.17) is 23.2 Å². The second kappa shape index (κ2) is 8.46. The number of fused-ring (bicyclic) bond motifs is 1. The number of hydrogen-bond acceptors (Lipinski definition) is 2. The average Bonchev–Trinajstić information content (AvgIpc) is 3.17. The molecule has 1 fully saturated rings. The fourth-order valence-electron chi connectivity index (χ4n) is 4.95. The molecule has 1 heterocycles. The van der Waals surface area contributed by atoms with E-state index in [9.17, 15) is 14.7 Å². The Morgan fingerprint density at radius 1 is 1.32 bits per heavy atom. The maximum Gasteiger partial charge on any atom is 0.306 e. The van der Waals surface area contributed by atoms with Gasteiger partial charge in [0.2, 0.25) is 0 Å². The molecule has 2 aliphatic rings. The molecule has 1 aromatic rings. The van der Waals surface area contributed by atoms with Crippen molar-refractivity contribution in [3.63, 3.8) is 0 Å². The van der Waals surface area contributed by atoms with Crippen LogP contribution >= 0.6 is 23.2 Å². The van der Waals surface area contributed by atoms with Gasteiger partial charge in [0.05, 0.1) is 16.6 Å². The number of halogens is 2. The molecular weight excluding hydrogens is 397 g/mol. The van der Waals surface area contributed by atoms with Crippen molar-refractivity contribution in [2.75, 3.05) is 0 Å². The summed E-state index contributed by atoms with van der Waals surface area (Å²) in [6.45, 7) is 5.87. The van der Waals surface area contributed by atoms with Gasteiger partial charge in [-0.25, -0.2) is 0 Å². The zero-order valence-corrected chi connectivity index (χ0v) is 17.9. The van der Waals surface area contributed by atoms with Crippen LogP contribution in [-0.2, 0) is 4.79 Å². The lowest BCUT2D eigenvalue weighted by atomic mass is 9.66. The van der Waals surface area contributed by atoms with Gasteiger partial charge in [0.1, 0.15) is 5.15 Å². The summed E-state index contributed by atoms with van der Waals surface area (Å²) in [4.78, 5) is 27.6. The van der Waals surface area contributed by atoms with E-state index in [2.05, 4.69) is 30.1 Å². The number of rotatable bonds is 6. The summed E-state index contributed by atoms with van der Waals surface area (Å²) in [6.07, 6.45) is 9.14. The second-order valence-electron chi connectivity index (χ2n) is 8.45. The van der Waals surface area contributed by atoms with Gasteiger partial charge in [0.15, 0.2) is 5.78 Å². The van der Waals surface area contributed by atoms with Gasteiger partial charge in [-0.1, -0.05) is 60.9 Å². The van der Waals surface area contributed by atoms with Gasteiger partial charge in [0.25, 0.3) is 0 Å². The smallest absolute Gasteiger partial charge is 0.306 e. The van der Waals surface area contributed by atoms with Crippen LogP contribution in [-0.4, -0.2) is 21.8 Å². The summed E-state index contributed by atoms with van der Waals surface area (Å²) in [7, 11) is 0. The fourth-order valence-corrected chi connectivity index (χ4v) is 5.26. The number of carboxylic acids is 1. The number of carbonyl (C=O) groups is 2. The van der Waals surface area contributed by atoms with Gasteiger partial charge < -0.3 is 10.1 Å². The highest BCUT2D eigenvalue weighted by Crippen LogP contribution is 2.49. The Morgan fingerprint density at radius 3 is 2.64 bits per heavy atom. The SMILES string of the molecule is C/C(=C\C1C=CC2CC[C@H](C)C2C1C(=O)c1cc(Cl)c(Cl)[nH]1)CC(C)C(=O)O. The summed E-state index contributed by atoms with van der Waals surface area (Å²) >= 11 is 12.1. The van der Waals surface area contributed by atoms with Crippen molar-refractivity contribution in [1.82, 2.24) is 4.98 Å². The van der Waals surface area contributed by atoms with Crippen molar-refractivity contribution in [2.24, 2.45) is 35.5 Å². The number of aliphatic carboxylic acids is 1. The maximum atomic E-state index is 13.5. The summed E-state index contributed by atoms with van der Waals surface area (Å²) in [5.74, 6) is -0.348. The number of aromatic nitrogens is 1. The van der Waals surface area contributed by atoms with Crippen LogP contribution in [0.3, 0.4) is 0 Å². The highest BCUT2D eigenvalue weighted by atomic mass is 35.5. The van der Waals surface area contributed by atoms with E-state index in [0.717, 1.165) is 18.4 Å². The third-order valence-electron chi connectivity index (χ3n) is 6.34. The molecule has 2 aliphatic carbocycles. The van der Waals surface area contributed by atoms with E-state index in [0.29, 0.717) is 29.0 Å². The van der Waals surface area contributed by atoms with Gasteiger partial charge in [0, 0.05) is 11.8 Å². The van der Waals surface area contributed by atoms with Crippen LogP contribution < -0.4 is 0 Å². The minimum Gasteiger partial charge on any atom is -0.481 e. The van der Waals surface area contributed by atoms with E-state index in [1.54, 1.807) is 13.0 Å². The molecule has 0 aliphatic heterocycles. The van der Waals surface area contributed by atoms with Gasteiger partial charge in [-0.05, 0) is 50.0 Å². The third kappa shape index (κ3) is 4.23. The molecule has 6 atom stereocenters. The van der Waals surface area contributed by atoms with Gasteiger partial charge in [-0.3, -0.25) is 9.59 Å². The Hall–Kier alpha value is -1.52. The first-order chi connectivity index (χ1) is 13.2. The zero-order valence-electron chi connectivity index (χ0n) is 16.4. The lowest BCUT2D eigenvalue weighted by Gasteiger charge is -2.36. The number of hydrogen-bond donors (Lipinski definition) is 2. The number of ketones is 1. The van der Waals surface area contributed by atoms with Gasteiger partial charge >= 0.3 is 5.97 Å². The lowest BCUT2D eigenvalue weighted by Crippen LogP contribution is -2.37. The minimum atomic E-state index is -0.806. The molecule has 0 bridgehead atoms. The van der Waals surface area contributed by atoms with Crippen LogP contribution in [0, 0.1) is 35.5 Å². The number of carboxylic acid groups (broad SMARTS) is 1. The number of aromatic amines is 1. The molecule has 1 aromatic heterocycles. The molecule has 0 aromatic carbocycles. The molecule has 1 saturated carbocycles. The Labute approximate surface area is 176 Å². The van der Waals surface area contributed by atoms with E-state index in [1.165, 1.54) is 0 Å². The average molecular weight is 424 g/mol. The summed E-state index contributed by atoms with van der Waals surface area (Å²) < 4.78 is 0. The van der Waals surface area contributed by atoms with Crippen LogP contribution in [0.15, 0.2) is 29.9 Å². The van der Waals surface area contributed by atoms with Crippen molar-refractivity contribution < 1.29 is 14.7 Å². The van der Waals surface area contributed by atoms with Crippen LogP contribution in [0.1, 0.15) is 50.5 Å². The third-order valence-corrected chi connectivity index (χ3v) is 7.03. The first kappa shape index (κ1) is 21.2. The molecule has 0 saturated heterocycles. The summed E-state index contributed by atoms with van der Waals surface area (Å²) in [5, 5.41) is 9.82. The highest BCUT2D eigenvalue weighted by molar-refractivity contribution is 6.41. The van der Waals surface area contributed by atoms with E-state index >= 15 is 0 Å². The number of Topliss-reactive ketones (excluding diaryl/α,β-unsaturated/α-hetero) is 1. The van der Waals surface area contributed by atoms with E-state index < -0.39 is 11.9 Å². The molecule has 28 heavy (non-hydrogen) atoms. The quantitative estimate of drug-likeness (QED) is 0.433. The van der Waals surface area contributed by atoms with Crippen molar-refractivity contribution in [1.29, 1.82) is 0 Å². The number of carbonyl (C=O) groups excluding carboxylic acids is 1. The molecule has 5 unspecified atom stereocenters. The van der Waals surface area contributed by atoms with Crippen molar-refractivity contribution in [3.05, 3.63) is 45.7 Å². The molecule has 0 spiro atoms. The van der Waals surface area contributed by atoms with Crippen LogP contribution in [0.5, 0.6) is 0 Å². The number of nitrogens with one attached hydrogen (secondary N) is 1. The first-order valence-corrected chi connectivity index (χ1v) is 10.6. The molecule has 2 N–H and O–H groups in total. The summed E-state index contributed by atoms with van der Waals surface area (Å²) in [6, 6.07) is 1.61. The predicted octanol–water partition coefficient (Wildman–Crippen LogP) is 6.03. The number of allylic oxidation sites excluding steroid dienone is 4. The van der Waals surface area contributed by atoms with E-state index in [1.807, 2.05) is 6.92 Å².